The maximum atomic E-state index is 13.5. The van der Waals surface area contributed by atoms with E-state index in [0.29, 0.717) is 17.0 Å². The standard InChI is InChI=1S/C21H18F3N7O/c1-12(2)17(20-30-19(31-32-20)14-4-3-7-26-11-14)28-16-10-15(21(22,23)24)27-18(29-16)13-5-8-25-9-6-13/h3-12,17H,1-2H3,(H,27,28,29). The highest BCUT2D eigenvalue weighted by molar-refractivity contribution is 5.57. The van der Waals surface area contributed by atoms with Crippen LogP contribution in [0.4, 0.5) is 19.0 Å². The molecule has 0 radical (unpaired) electrons. The Kier molecular flexibility index (Phi) is 5.80. The highest BCUT2D eigenvalue weighted by Crippen LogP contribution is 2.33. The molecule has 0 aromatic carbocycles. The SMILES string of the molecule is CC(C)C(Nc1cc(C(F)(F)F)nc(-c2ccncc2)n1)c1nc(-c2cccnc2)no1. The van der Waals surface area contributed by atoms with Gasteiger partial charge in [-0.2, -0.15) is 18.2 Å². The molecule has 0 aliphatic rings. The second-order valence-electron chi connectivity index (χ2n) is 7.26. The quantitative estimate of drug-likeness (QED) is 0.455. The normalized spacial score (nSPS) is 12.7. The molecule has 1 N–H and O–H groups in total. The van der Waals surface area contributed by atoms with Crippen LogP contribution < -0.4 is 5.32 Å². The molecule has 8 nitrogen and oxygen atoms in total. The van der Waals surface area contributed by atoms with E-state index < -0.39 is 17.9 Å². The number of hydrogen-bond donors (Lipinski definition) is 1. The van der Waals surface area contributed by atoms with Crippen LogP contribution in [0.3, 0.4) is 0 Å². The zero-order valence-corrected chi connectivity index (χ0v) is 17.1. The molecular weight excluding hydrogens is 423 g/mol. The number of rotatable bonds is 6. The molecule has 0 saturated heterocycles. The number of aromatic nitrogens is 6. The zero-order valence-electron chi connectivity index (χ0n) is 17.1. The van der Waals surface area contributed by atoms with Crippen molar-refractivity contribution in [2.75, 3.05) is 5.32 Å². The summed E-state index contributed by atoms with van der Waals surface area (Å²) in [4.78, 5) is 20.3. The predicted molar refractivity (Wildman–Crippen MR) is 109 cm³/mol. The van der Waals surface area contributed by atoms with Crippen molar-refractivity contribution in [3.63, 3.8) is 0 Å². The fourth-order valence-corrected chi connectivity index (χ4v) is 2.94. The molecule has 32 heavy (non-hydrogen) atoms. The zero-order chi connectivity index (χ0) is 22.7. The summed E-state index contributed by atoms with van der Waals surface area (Å²) in [6.45, 7) is 3.75. The lowest BCUT2D eigenvalue weighted by atomic mass is 10.0. The Bertz CT molecular complexity index is 1180. The fourth-order valence-electron chi connectivity index (χ4n) is 2.94. The van der Waals surface area contributed by atoms with Gasteiger partial charge >= 0.3 is 6.18 Å². The van der Waals surface area contributed by atoms with Gasteiger partial charge in [0, 0.05) is 42.0 Å². The van der Waals surface area contributed by atoms with Crippen LogP contribution in [0.25, 0.3) is 22.8 Å². The molecule has 0 spiro atoms. The molecule has 11 heteroatoms. The van der Waals surface area contributed by atoms with E-state index in [-0.39, 0.29) is 23.5 Å². The fraction of sp³-hybridized carbons (Fsp3) is 0.238. The van der Waals surface area contributed by atoms with Gasteiger partial charge in [-0.3, -0.25) is 9.97 Å². The summed E-state index contributed by atoms with van der Waals surface area (Å²) in [6.07, 6.45) is 1.49. The van der Waals surface area contributed by atoms with Crippen molar-refractivity contribution in [3.05, 3.63) is 66.7 Å². The minimum Gasteiger partial charge on any atom is -0.358 e. The van der Waals surface area contributed by atoms with E-state index in [0.717, 1.165) is 6.07 Å². The Hall–Kier alpha value is -3.89. The lowest BCUT2D eigenvalue weighted by molar-refractivity contribution is -0.141. The summed E-state index contributed by atoms with van der Waals surface area (Å²) >= 11 is 0. The molecule has 0 aliphatic heterocycles. The van der Waals surface area contributed by atoms with E-state index in [4.69, 9.17) is 4.52 Å². The van der Waals surface area contributed by atoms with Crippen LogP contribution in [-0.2, 0) is 6.18 Å². The first kappa shape index (κ1) is 21.3. The molecule has 4 aromatic heterocycles. The lowest BCUT2D eigenvalue weighted by Gasteiger charge is -2.20. The summed E-state index contributed by atoms with van der Waals surface area (Å²) in [6, 6.07) is 6.87. The first-order valence-electron chi connectivity index (χ1n) is 9.68. The molecule has 0 bridgehead atoms. The molecular formula is C21H18F3N7O. The largest absolute Gasteiger partial charge is 0.433 e. The monoisotopic (exact) mass is 441 g/mol. The second-order valence-corrected chi connectivity index (χ2v) is 7.26. The molecule has 1 atom stereocenters. The Morgan fingerprint density at radius 3 is 2.34 bits per heavy atom. The molecule has 0 fully saturated rings. The maximum Gasteiger partial charge on any atom is 0.433 e. The van der Waals surface area contributed by atoms with Gasteiger partial charge in [0.2, 0.25) is 11.7 Å². The van der Waals surface area contributed by atoms with E-state index in [2.05, 4.69) is 35.4 Å². The van der Waals surface area contributed by atoms with Crippen LogP contribution in [0.2, 0.25) is 0 Å². The average Bonchev–Trinajstić information content (AvgIpc) is 3.27. The number of halogens is 3. The highest BCUT2D eigenvalue weighted by Gasteiger charge is 2.34. The van der Waals surface area contributed by atoms with Crippen molar-refractivity contribution in [3.8, 4) is 22.8 Å². The van der Waals surface area contributed by atoms with E-state index >= 15 is 0 Å². The molecule has 0 saturated carbocycles. The number of hydrogen-bond acceptors (Lipinski definition) is 8. The van der Waals surface area contributed by atoms with Gasteiger partial charge in [0.25, 0.3) is 0 Å². The maximum absolute atomic E-state index is 13.5. The predicted octanol–water partition coefficient (Wildman–Crippen LogP) is 4.81. The van der Waals surface area contributed by atoms with Gasteiger partial charge in [0.05, 0.1) is 0 Å². The third kappa shape index (κ3) is 4.71. The van der Waals surface area contributed by atoms with Crippen LogP contribution in [0.15, 0.2) is 59.6 Å². The van der Waals surface area contributed by atoms with Gasteiger partial charge in [0.15, 0.2) is 11.5 Å². The first-order chi connectivity index (χ1) is 15.3. The van der Waals surface area contributed by atoms with Gasteiger partial charge < -0.3 is 9.84 Å². The van der Waals surface area contributed by atoms with Gasteiger partial charge in [-0.05, 0) is 30.2 Å². The number of nitrogens with one attached hydrogen (secondary N) is 1. The van der Waals surface area contributed by atoms with Gasteiger partial charge in [-0.25, -0.2) is 9.97 Å². The van der Waals surface area contributed by atoms with Crippen LogP contribution >= 0.6 is 0 Å². The van der Waals surface area contributed by atoms with Crippen molar-refractivity contribution >= 4 is 5.82 Å². The van der Waals surface area contributed by atoms with E-state index in [1.165, 1.54) is 24.5 Å². The minimum absolute atomic E-state index is 0.0148. The summed E-state index contributed by atoms with van der Waals surface area (Å²) in [5, 5.41) is 6.97. The van der Waals surface area contributed by atoms with Crippen LogP contribution in [-0.4, -0.2) is 30.1 Å². The summed E-state index contributed by atoms with van der Waals surface area (Å²) in [7, 11) is 0. The van der Waals surface area contributed by atoms with Crippen molar-refractivity contribution in [2.45, 2.75) is 26.1 Å². The van der Waals surface area contributed by atoms with Crippen LogP contribution in [0.1, 0.15) is 31.5 Å². The Balaban J connectivity index is 1.70. The van der Waals surface area contributed by atoms with Gasteiger partial charge in [0.1, 0.15) is 11.9 Å². The first-order valence-corrected chi connectivity index (χ1v) is 9.68. The molecule has 0 amide bonds. The second kappa shape index (κ2) is 8.69. The highest BCUT2D eigenvalue weighted by atomic mass is 19.4. The van der Waals surface area contributed by atoms with Crippen molar-refractivity contribution < 1.29 is 17.7 Å². The summed E-state index contributed by atoms with van der Waals surface area (Å²) in [5.74, 6) is 0.354. The average molecular weight is 441 g/mol. The molecule has 4 heterocycles. The molecule has 0 aliphatic carbocycles. The summed E-state index contributed by atoms with van der Waals surface area (Å²) < 4.78 is 45.9. The number of alkyl halides is 3. The molecule has 4 aromatic rings. The minimum atomic E-state index is -4.65. The Morgan fingerprint density at radius 1 is 0.906 bits per heavy atom. The molecule has 1 unspecified atom stereocenters. The van der Waals surface area contributed by atoms with E-state index in [1.54, 1.807) is 24.5 Å². The van der Waals surface area contributed by atoms with E-state index in [9.17, 15) is 13.2 Å². The van der Waals surface area contributed by atoms with E-state index in [1.807, 2.05) is 13.8 Å². The van der Waals surface area contributed by atoms with Crippen LogP contribution in [0.5, 0.6) is 0 Å². The van der Waals surface area contributed by atoms with Crippen LogP contribution in [0, 0.1) is 5.92 Å². The smallest absolute Gasteiger partial charge is 0.358 e. The topological polar surface area (TPSA) is 103 Å². The van der Waals surface area contributed by atoms with Crippen molar-refractivity contribution in [1.82, 2.24) is 30.1 Å². The Labute approximate surface area is 181 Å². The van der Waals surface area contributed by atoms with Crippen molar-refractivity contribution in [1.29, 1.82) is 0 Å². The third-order valence-electron chi connectivity index (χ3n) is 4.55. The third-order valence-corrected chi connectivity index (χ3v) is 4.55. The Morgan fingerprint density at radius 2 is 1.69 bits per heavy atom. The number of pyridine rings is 2. The lowest BCUT2D eigenvalue weighted by Crippen LogP contribution is -2.19. The molecule has 164 valence electrons. The van der Waals surface area contributed by atoms with Gasteiger partial charge in [-0.1, -0.05) is 19.0 Å². The summed E-state index contributed by atoms with van der Waals surface area (Å²) in [5.41, 5.74) is 0.00386. The number of anilines is 1. The molecule has 4 rings (SSSR count). The number of nitrogens with zero attached hydrogens (tertiary/aromatic N) is 6. The van der Waals surface area contributed by atoms with Crippen molar-refractivity contribution in [2.24, 2.45) is 5.92 Å². The van der Waals surface area contributed by atoms with Gasteiger partial charge in [-0.15, -0.1) is 0 Å².